The van der Waals surface area contributed by atoms with Crippen molar-refractivity contribution in [1.82, 2.24) is 0 Å². The van der Waals surface area contributed by atoms with E-state index < -0.39 is 7.26 Å². The maximum absolute atomic E-state index is 9.88. The molecule has 0 rings (SSSR count). The maximum Gasteiger partial charge on any atom is 0.280 e. The summed E-state index contributed by atoms with van der Waals surface area (Å²) in [5, 5.41) is 0. The van der Waals surface area contributed by atoms with Gasteiger partial charge in [0.2, 0.25) is 0 Å². The van der Waals surface area contributed by atoms with Crippen LogP contribution >= 0.6 is 7.26 Å². The molecule has 0 aliphatic carbocycles. The monoisotopic (exact) mass is 182 g/mol. The highest BCUT2D eigenvalue weighted by Gasteiger charge is 2.38. The van der Waals surface area contributed by atoms with Crippen LogP contribution in [0.15, 0.2) is 0 Å². The minimum atomic E-state index is -3.14. The van der Waals surface area contributed by atoms with E-state index in [4.69, 9.17) is 0 Å². The molecule has 0 saturated carbocycles. The lowest BCUT2D eigenvalue weighted by molar-refractivity contribution is -0.00000598. The van der Waals surface area contributed by atoms with Gasteiger partial charge in [-0.15, -0.1) is 0 Å². The van der Waals surface area contributed by atoms with Gasteiger partial charge >= 0.3 is 0 Å². The Bertz CT molecular complexity index is 120. The SMILES string of the molecule is O=C[P+](C=O)(C=O)C=O.[Cl-]. The van der Waals surface area contributed by atoms with E-state index in [2.05, 4.69) is 0 Å². The first-order valence-electron chi connectivity index (χ1n) is 1.98. The fourth-order valence-electron chi connectivity index (χ4n) is 0.149. The van der Waals surface area contributed by atoms with E-state index >= 15 is 0 Å². The zero-order valence-electron chi connectivity index (χ0n) is 4.77. The lowest BCUT2D eigenvalue weighted by atomic mass is 11.7. The Labute approximate surface area is 63.7 Å². The predicted molar refractivity (Wildman–Crippen MR) is 33.9 cm³/mol. The van der Waals surface area contributed by atoms with Crippen molar-refractivity contribution >= 4 is 31.4 Å². The molecule has 0 aliphatic heterocycles. The largest absolute Gasteiger partial charge is 1.00 e. The first kappa shape index (κ1) is 12.1. The van der Waals surface area contributed by atoms with E-state index in [0.717, 1.165) is 0 Å². The summed E-state index contributed by atoms with van der Waals surface area (Å²) in [6.07, 6.45) is 0. The second-order valence-electron chi connectivity index (χ2n) is 1.32. The zero-order chi connectivity index (χ0) is 7.33. The first-order valence-corrected chi connectivity index (χ1v) is 4.04. The molecule has 6 heteroatoms. The quantitative estimate of drug-likeness (QED) is 0.339. The lowest BCUT2D eigenvalue weighted by Gasteiger charge is -1.88. The van der Waals surface area contributed by atoms with Gasteiger partial charge in [-0.3, -0.25) is 19.2 Å². The van der Waals surface area contributed by atoms with Crippen molar-refractivity contribution < 1.29 is 31.6 Å². The van der Waals surface area contributed by atoms with Gasteiger partial charge in [-0.2, -0.15) is 0 Å². The minimum Gasteiger partial charge on any atom is -1.00 e. The summed E-state index contributed by atoms with van der Waals surface area (Å²) in [6.45, 7) is 0. The molecule has 0 atom stereocenters. The number of rotatable bonds is 4. The van der Waals surface area contributed by atoms with Crippen molar-refractivity contribution in [2.45, 2.75) is 0 Å². The summed E-state index contributed by atoms with van der Waals surface area (Å²) in [4.78, 5) is 39.5. The summed E-state index contributed by atoms with van der Waals surface area (Å²) < 4.78 is 0. The molecular weight excluding hydrogens is 178 g/mol. The highest BCUT2D eigenvalue weighted by Crippen LogP contribution is 2.45. The summed E-state index contributed by atoms with van der Waals surface area (Å²) in [7, 11) is -3.14. The molecule has 0 radical (unpaired) electrons. The van der Waals surface area contributed by atoms with Crippen LogP contribution in [-0.4, -0.2) is 24.1 Å². The molecular formula is C4H4ClO4P. The van der Waals surface area contributed by atoms with Gasteiger partial charge in [-0.25, -0.2) is 0 Å². The van der Waals surface area contributed by atoms with Crippen LogP contribution < -0.4 is 12.4 Å². The molecule has 0 aromatic rings. The van der Waals surface area contributed by atoms with Crippen molar-refractivity contribution in [1.29, 1.82) is 0 Å². The van der Waals surface area contributed by atoms with Gasteiger partial charge in [-0.1, -0.05) is 0 Å². The van der Waals surface area contributed by atoms with Gasteiger partial charge < -0.3 is 12.4 Å². The Kier molecular flexibility index (Phi) is 6.31. The van der Waals surface area contributed by atoms with E-state index in [0.29, 0.717) is 0 Å². The second kappa shape index (κ2) is 5.21. The fraction of sp³-hybridized carbons (Fsp3) is 0. The van der Waals surface area contributed by atoms with Gasteiger partial charge in [-0.05, 0) is 0 Å². The molecule has 0 aliphatic rings. The van der Waals surface area contributed by atoms with Gasteiger partial charge in [0.1, 0.15) is 0 Å². The fourth-order valence-corrected chi connectivity index (χ4v) is 0.447. The van der Waals surface area contributed by atoms with Crippen molar-refractivity contribution in [3.8, 4) is 0 Å². The van der Waals surface area contributed by atoms with Crippen LogP contribution in [0.25, 0.3) is 0 Å². The topological polar surface area (TPSA) is 68.3 Å². The Hall–Kier alpha value is -0.600. The van der Waals surface area contributed by atoms with E-state index in [1.54, 1.807) is 0 Å². The smallest absolute Gasteiger partial charge is 0.280 e. The summed E-state index contributed by atoms with van der Waals surface area (Å²) >= 11 is 0. The molecule has 0 heterocycles. The molecule has 0 fully saturated rings. The van der Waals surface area contributed by atoms with Crippen LogP contribution in [0.4, 0.5) is 0 Å². The molecule has 0 saturated heterocycles. The summed E-state index contributed by atoms with van der Waals surface area (Å²) in [5.74, 6) is 0. The highest BCUT2D eigenvalue weighted by atomic mass is 35.5. The van der Waals surface area contributed by atoms with Crippen LogP contribution in [0.3, 0.4) is 0 Å². The standard InChI is InChI=1S/C4H4O4P.ClH/c5-1-9(2-6,3-7)4-8;/h1-4H;1H/q+1;/p-1. The third kappa shape index (κ3) is 2.33. The third-order valence-electron chi connectivity index (χ3n) is 0.730. The molecule has 56 valence electrons. The van der Waals surface area contributed by atoms with Gasteiger partial charge in [0.05, 0.1) is 0 Å². The van der Waals surface area contributed by atoms with Gasteiger partial charge in [0, 0.05) is 0 Å². The Morgan fingerprint density at radius 2 is 0.900 bits per heavy atom. The normalized spacial score (nSPS) is 8.80. The Morgan fingerprint density at radius 1 is 0.700 bits per heavy atom. The van der Waals surface area contributed by atoms with Crippen molar-refractivity contribution in [3.63, 3.8) is 0 Å². The van der Waals surface area contributed by atoms with Gasteiger partial charge in [0.15, 0.2) is 0 Å². The third-order valence-corrected chi connectivity index (χ3v) is 2.19. The van der Waals surface area contributed by atoms with E-state index in [1.807, 2.05) is 0 Å². The Balaban J connectivity index is 0. The molecule has 0 amide bonds. The maximum atomic E-state index is 9.88. The molecule has 0 spiro atoms. The zero-order valence-corrected chi connectivity index (χ0v) is 6.42. The molecule has 0 aromatic heterocycles. The average molecular weight is 182 g/mol. The van der Waals surface area contributed by atoms with Crippen LogP contribution in [0, 0.1) is 0 Å². The van der Waals surface area contributed by atoms with Gasteiger partial charge in [0.25, 0.3) is 31.4 Å². The number of carbonyl (C=O) groups is 4. The summed E-state index contributed by atoms with van der Waals surface area (Å²) in [6, 6.07) is 0.444. The number of hydrogen-bond acceptors (Lipinski definition) is 4. The van der Waals surface area contributed by atoms with E-state index in [-0.39, 0.29) is 36.5 Å². The molecule has 0 aromatic carbocycles. The summed E-state index contributed by atoms with van der Waals surface area (Å²) in [5.41, 5.74) is 0. The second-order valence-corrected chi connectivity index (χ2v) is 3.95. The van der Waals surface area contributed by atoms with Crippen molar-refractivity contribution in [3.05, 3.63) is 0 Å². The lowest BCUT2D eigenvalue weighted by Crippen LogP contribution is -3.00. The predicted octanol–water partition coefficient (Wildman–Crippen LogP) is -3.23. The van der Waals surface area contributed by atoms with Crippen LogP contribution in [-0.2, 0) is 19.2 Å². The van der Waals surface area contributed by atoms with Crippen LogP contribution in [0.5, 0.6) is 0 Å². The number of halogens is 1. The Morgan fingerprint density at radius 3 is 0.900 bits per heavy atom. The first-order chi connectivity index (χ1) is 4.24. The average Bonchev–Trinajstić information content (AvgIpc) is 1.95. The molecule has 0 unspecified atom stereocenters. The molecule has 0 N–H and O–H groups in total. The number of carbonyl (C=O) groups excluding carboxylic acids is 4. The minimum absolute atomic E-state index is 0. The molecule has 4 nitrogen and oxygen atoms in total. The van der Waals surface area contributed by atoms with Crippen LogP contribution in [0.2, 0.25) is 0 Å². The van der Waals surface area contributed by atoms with Crippen LogP contribution in [0.1, 0.15) is 0 Å². The molecule has 10 heavy (non-hydrogen) atoms. The molecule has 0 bridgehead atoms. The van der Waals surface area contributed by atoms with Crippen molar-refractivity contribution in [2.75, 3.05) is 0 Å². The number of hydrogen-bond donors (Lipinski definition) is 0. The van der Waals surface area contributed by atoms with E-state index in [9.17, 15) is 19.2 Å². The van der Waals surface area contributed by atoms with Crippen molar-refractivity contribution in [2.24, 2.45) is 0 Å². The van der Waals surface area contributed by atoms with E-state index in [1.165, 1.54) is 0 Å². The highest BCUT2D eigenvalue weighted by molar-refractivity contribution is 8.20.